The van der Waals surface area contributed by atoms with Gasteiger partial charge in [0.05, 0.1) is 0 Å². The quantitative estimate of drug-likeness (QED) is 0.514. The molecule has 0 saturated heterocycles. The largest absolute Gasteiger partial charge is 0.350 e. The lowest BCUT2D eigenvalue weighted by atomic mass is 10.1. The van der Waals surface area contributed by atoms with Gasteiger partial charge in [0.1, 0.15) is 0 Å². The minimum absolute atomic E-state index is 0.182. The SMILES string of the molecule is Cc1ccc(C(=O)Nc2ccc(C(=O)NCCNC(=O)c3ccccc3)cc2)cc1C. The maximum Gasteiger partial charge on any atom is 0.255 e. The highest BCUT2D eigenvalue weighted by atomic mass is 16.2. The highest BCUT2D eigenvalue weighted by Crippen LogP contribution is 2.14. The van der Waals surface area contributed by atoms with Crippen LogP contribution in [-0.4, -0.2) is 30.8 Å². The monoisotopic (exact) mass is 415 g/mol. The Hall–Kier alpha value is -3.93. The van der Waals surface area contributed by atoms with Gasteiger partial charge in [-0.05, 0) is 73.5 Å². The van der Waals surface area contributed by atoms with Gasteiger partial charge in [0.25, 0.3) is 17.7 Å². The maximum atomic E-state index is 12.4. The lowest BCUT2D eigenvalue weighted by Gasteiger charge is -2.09. The normalized spacial score (nSPS) is 10.3. The molecule has 0 fully saturated rings. The van der Waals surface area contributed by atoms with Crippen molar-refractivity contribution in [1.82, 2.24) is 10.6 Å². The number of benzene rings is 3. The standard InChI is InChI=1S/C25H25N3O3/c1-17-8-9-21(16-18(17)2)25(31)28-22-12-10-20(11-13-22)24(30)27-15-14-26-23(29)19-6-4-3-5-7-19/h3-13,16H,14-15H2,1-2H3,(H,26,29)(H,27,30)(H,28,31). The van der Waals surface area contributed by atoms with E-state index in [1.165, 1.54) is 0 Å². The molecule has 3 N–H and O–H groups in total. The van der Waals surface area contributed by atoms with E-state index in [0.29, 0.717) is 35.5 Å². The minimum atomic E-state index is -0.249. The van der Waals surface area contributed by atoms with Gasteiger partial charge in [-0.3, -0.25) is 14.4 Å². The van der Waals surface area contributed by atoms with E-state index < -0.39 is 0 Å². The Bertz CT molecular complexity index is 1080. The molecule has 0 spiro atoms. The van der Waals surface area contributed by atoms with Crippen LogP contribution >= 0.6 is 0 Å². The van der Waals surface area contributed by atoms with E-state index in [9.17, 15) is 14.4 Å². The zero-order chi connectivity index (χ0) is 22.2. The number of rotatable bonds is 7. The van der Waals surface area contributed by atoms with Gasteiger partial charge >= 0.3 is 0 Å². The van der Waals surface area contributed by atoms with E-state index in [-0.39, 0.29) is 17.7 Å². The second kappa shape index (κ2) is 10.2. The Labute approximate surface area is 181 Å². The van der Waals surface area contributed by atoms with Crippen molar-refractivity contribution in [3.05, 3.63) is 101 Å². The molecule has 0 heterocycles. The molecule has 31 heavy (non-hydrogen) atoms. The van der Waals surface area contributed by atoms with Gasteiger partial charge in [0.15, 0.2) is 0 Å². The molecule has 3 aromatic rings. The number of amides is 3. The third-order valence-electron chi connectivity index (χ3n) is 4.91. The Morgan fingerprint density at radius 3 is 1.74 bits per heavy atom. The summed E-state index contributed by atoms with van der Waals surface area (Å²) in [6, 6.07) is 21.1. The van der Waals surface area contributed by atoms with Crippen LogP contribution in [-0.2, 0) is 0 Å². The van der Waals surface area contributed by atoms with Crippen molar-refractivity contribution in [3.63, 3.8) is 0 Å². The zero-order valence-corrected chi connectivity index (χ0v) is 17.6. The fourth-order valence-electron chi connectivity index (χ4n) is 2.94. The molecule has 3 rings (SSSR count). The van der Waals surface area contributed by atoms with Crippen LogP contribution in [0.15, 0.2) is 72.8 Å². The van der Waals surface area contributed by atoms with Crippen molar-refractivity contribution in [3.8, 4) is 0 Å². The molecule has 0 aliphatic carbocycles. The summed E-state index contributed by atoms with van der Waals surface area (Å²) in [7, 11) is 0. The molecule has 0 saturated carbocycles. The number of aryl methyl sites for hydroxylation is 2. The summed E-state index contributed by atoms with van der Waals surface area (Å²) in [5.41, 5.74) is 4.43. The highest BCUT2D eigenvalue weighted by molar-refractivity contribution is 6.04. The first-order valence-electron chi connectivity index (χ1n) is 10.0. The van der Waals surface area contributed by atoms with Crippen LogP contribution in [0.3, 0.4) is 0 Å². The summed E-state index contributed by atoms with van der Waals surface area (Å²) in [5, 5.41) is 8.35. The van der Waals surface area contributed by atoms with Crippen molar-refractivity contribution in [1.29, 1.82) is 0 Å². The second-order valence-corrected chi connectivity index (χ2v) is 7.21. The lowest BCUT2D eigenvalue weighted by Crippen LogP contribution is -2.34. The van der Waals surface area contributed by atoms with Gasteiger partial charge in [-0.2, -0.15) is 0 Å². The molecule has 3 amide bonds. The third-order valence-corrected chi connectivity index (χ3v) is 4.91. The smallest absolute Gasteiger partial charge is 0.255 e. The van der Waals surface area contributed by atoms with E-state index in [4.69, 9.17) is 0 Å². The van der Waals surface area contributed by atoms with Gasteiger partial charge in [0, 0.05) is 35.5 Å². The first-order valence-corrected chi connectivity index (χ1v) is 10.0. The molecule has 0 aliphatic rings. The summed E-state index contributed by atoms with van der Waals surface area (Å²) in [6.45, 7) is 4.59. The van der Waals surface area contributed by atoms with E-state index in [0.717, 1.165) is 11.1 Å². The number of nitrogens with one attached hydrogen (secondary N) is 3. The molecular formula is C25H25N3O3. The molecule has 0 radical (unpaired) electrons. The van der Waals surface area contributed by atoms with Crippen LogP contribution in [0.5, 0.6) is 0 Å². The first kappa shape index (κ1) is 21.8. The van der Waals surface area contributed by atoms with Crippen LogP contribution in [0, 0.1) is 13.8 Å². The molecule has 0 bridgehead atoms. The van der Waals surface area contributed by atoms with Crippen molar-refractivity contribution >= 4 is 23.4 Å². The molecule has 6 nitrogen and oxygen atoms in total. The highest BCUT2D eigenvalue weighted by Gasteiger charge is 2.09. The Balaban J connectivity index is 1.46. The topological polar surface area (TPSA) is 87.3 Å². The summed E-state index contributed by atoms with van der Waals surface area (Å²) >= 11 is 0. The van der Waals surface area contributed by atoms with E-state index in [1.54, 1.807) is 54.6 Å². The van der Waals surface area contributed by atoms with Crippen LogP contribution in [0.4, 0.5) is 5.69 Å². The van der Waals surface area contributed by atoms with Crippen LogP contribution in [0.1, 0.15) is 42.2 Å². The van der Waals surface area contributed by atoms with Crippen LogP contribution < -0.4 is 16.0 Å². The molecule has 0 aliphatic heterocycles. The molecule has 0 aromatic heterocycles. The van der Waals surface area contributed by atoms with Crippen molar-refractivity contribution in [2.24, 2.45) is 0 Å². The molecule has 3 aromatic carbocycles. The Kier molecular flexibility index (Phi) is 7.17. The molecule has 158 valence electrons. The fraction of sp³-hybridized carbons (Fsp3) is 0.160. The van der Waals surface area contributed by atoms with Crippen molar-refractivity contribution in [2.75, 3.05) is 18.4 Å². The fourth-order valence-corrected chi connectivity index (χ4v) is 2.94. The summed E-state index contributed by atoms with van der Waals surface area (Å²) < 4.78 is 0. The summed E-state index contributed by atoms with van der Waals surface area (Å²) in [5.74, 6) is -0.630. The molecule has 0 unspecified atom stereocenters. The van der Waals surface area contributed by atoms with Crippen molar-refractivity contribution in [2.45, 2.75) is 13.8 Å². The van der Waals surface area contributed by atoms with Crippen LogP contribution in [0.25, 0.3) is 0 Å². The maximum absolute atomic E-state index is 12.4. The van der Waals surface area contributed by atoms with Gasteiger partial charge in [0.2, 0.25) is 0 Å². The van der Waals surface area contributed by atoms with E-state index in [1.807, 2.05) is 32.0 Å². The predicted octanol–water partition coefficient (Wildman–Crippen LogP) is 3.72. The second-order valence-electron chi connectivity index (χ2n) is 7.21. The zero-order valence-electron chi connectivity index (χ0n) is 17.6. The van der Waals surface area contributed by atoms with E-state index in [2.05, 4.69) is 16.0 Å². The Morgan fingerprint density at radius 1 is 0.613 bits per heavy atom. The minimum Gasteiger partial charge on any atom is -0.350 e. The van der Waals surface area contributed by atoms with Gasteiger partial charge in [-0.1, -0.05) is 24.3 Å². The number of hydrogen-bond acceptors (Lipinski definition) is 3. The Morgan fingerprint density at radius 2 is 1.16 bits per heavy atom. The average Bonchev–Trinajstić information content (AvgIpc) is 2.79. The summed E-state index contributed by atoms with van der Waals surface area (Å²) in [4.78, 5) is 36.6. The van der Waals surface area contributed by atoms with Gasteiger partial charge in [-0.15, -0.1) is 0 Å². The lowest BCUT2D eigenvalue weighted by molar-refractivity contribution is 0.0927. The molecular weight excluding hydrogens is 390 g/mol. The number of anilines is 1. The number of carbonyl (C=O) groups excluding carboxylic acids is 3. The molecule has 0 atom stereocenters. The van der Waals surface area contributed by atoms with Crippen LogP contribution in [0.2, 0.25) is 0 Å². The number of carbonyl (C=O) groups is 3. The molecule has 6 heteroatoms. The van der Waals surface area contributed by atoms with Crippen molar-refractivity contribution < 1.29 is 14.4 Å². The first-order chi connectivity index (χ1) is 14.9. The van der Waals surface area contributed by atoms with Gasteiger partial charge in [-0.25, -0.2) is 0 Å². The summed E-state index contributed by atoms with van der Waals surface area (Å²) in [6.07, 6.45) is 0. The van der Waals surface area contributed by atoms with E-state index >= 15 is 0 Å². The average molecular weight is 415 g/mol. The number of hydrogen-bond donors (Lipinski definition) is 3. The third kappa shape index (κ3) is 6.02. The predicted molar refractivity (Wildman–Crippen MR) is 121 cm³/mol. The van der Waals surface area contributed by atoms with Gasteiger partial charge < -0.3 is 16.0 Å².